The zero-order chi connectivity index (χ0) is 26.4. The molecular formula is C29H42N6O2. The van der Waals surface area contributed by atoms with Gasteiger partial charge in [0.15, 0.2) is 0 Å². The Kier molecular flexibility index (Phi) is 9.23. The molecule has 1 aliphatic heterocycles. The lowest BCUT2D eigenvalue weighted by Gasteiger charge is -2.33. The van der Waals surface area contributed by atoms with E-state index in [0.29, 0.717) is 18.0 Å². The number of hydrogen-bond donors (Lipinski definition) is 2. The largest absolute Gasteiger partial charge is 0.347 e. The van der Waals surface area contributed by atoms with Crippen molar-refractivity contribution in [3.8, 4) is 6.07 Å². The lowest BCUT2D eigenvalue weighted by Crippen LogP contribution is -2.50. The molecule has 200 valence electrons. The first-order chi connectivity index (χ1) is 17.9. The third kappa shape index (κ3) is 6.91. The van der Waals surface area contributed by atoms with Gasteiger partial charge in [0, 0.05) is 56.2 Å². The van der Waals surface area contributed by atoms with Gasteiger partial charge in [0.2, 0.25) is 5.91 Å². The number of hydrogen-bond acceptors (Lipinski definition) is 5. The number of nitrogens with zero attached hydrogens (tertiary/aromatic N) is 4. The molecule has 2 N–H and O–H groups in total. The normalized spacial score (nSPS) is 22.0. The van der Waals surface area contributed by atoms with E-state index in [4.69, 9.17) is 0 Å². The highest BCUT2D eigenvalue weighted by atomic mass is 16.2. The summed E-state index contributed by atoms with van der Waals surface area (Å²) >= 11 is 0. The number of carbonyl (C=O) groups excluding carboxylic acids is 2. The zero-order valence-electron chi connectivity index (χ0n) is 22.6. The second-order valence-corrected chi connectivity index (χ2v) is 11.2. The second kappa shape index (κ2) is 12.6. The van der Waals surface area contributed by atoms with Crippen LogP contribution < -0.4 is 10.6 Å². The van der Waals surface area contributed by atoms with E-state index in [9.17, 15) is 14.9 Å². The summed E-state index contributed by atoms with van der Waals surface area (Å²) in [6.45, 7) is 9.93. The van der Waals surface area contributed by atoms with Gasteiger partial charge in [-0.25, -0.2) is 0 Å². The summed E-state index contributed by atoms with van der Waals surface area (Å²) in [4.78, 5) is 31.6. The standard InChI is InChI=1S/C29H42N6O2/c1-21(2)18-23(20-30)31-28(36)24-9-5-6-10-25(24)32-29(37)27-19-22-8-4-7-11-26(22)35(27)17-16-34-14-12-33(3)13-15-34/h4,7-8,11,19,21,23-25H,5-6,9-10,12-18H2,1-3H3,(H,31,36)(H,32,37)/t23-,24+,25-/m0/s1. The number of benzene rings is 1. The Balaban J connectivity index is 1.48. The summed E-state index contributed by atoms with van der Waals surface area (Å²) in [6, 6.07) is 11.6. The molecule has 2 heterocycles. The first kappa shape index (κ1) is 27.2. The first-order valence-electron chi connectivity index (χ1n) is 13.9. The summed E-state index contributed by atoms with van der Waals surface area (Å²) in [5.74, 6) is -0.241. The van der Waals surface area contributed by atoms with Gasteiger partial charge in [0.05, 0.1) is 12.0 Å². The Bertz CT molecular complexity index is 1110. The third-order valence-corrected chi connectivity index (χ3v) is 7.88. The first-order valence-corrected chi connectivity index (χ1v) is 13.9. The quantitative estimate of drug-likeness (QED) is 0.545. The minimum Gasteiger partial charge on any atom is -0.347 e. The number of amides is 2. The molecule has 0 radical (unpaired) electrons. The van der Waals surface area contributed by atoms with Crippen molar-refractivity contribution in [2.45, 2.75) is 64.6 Å². The van der Waals surface area contributed by atoms with Gasteiger partial charge < -0.3 is 20.1 Å². The van der Waals surface area contributed by atoms with E-state index in [1.165, 1.54) is 0 Å². The average molecular weight is 507 g/mol. The van der Waals surface area contributed by atoms with Crippen LogP contribution in [0.3, 0.4) is 0 Å². The van der Waals surface area contributed by atoms with Gasteiger partial charge in [-0.05, 0) is 44.4 Å². The molecule has 3 atom stereocenters. The number of rotatable bonds is 9. The maximum Gasteiger partial charge on any atom is 0.268 e. The van der Waals surface area contributed by atoms with Crippen LogP contribution in [0.15, 0.2) is 30.3 Å². The van der Waals surface area contributed by atoms with Crippen molar-refractivity contribution in [3.63, 3.8) is 0 Å². The topological polar surface area (TPSA) is 93.4 Å². The number of fused-ring (bicyclic) bond motifs is 1. The van der Waals surface area contributed by atoms with Crippen molar-refractivity contribution in [1.29, 1.82) is 5.26 Å². The highest BCUT2D eigenvalue weighted by Gasteiger charge is 2.34. The molecule has 1 aromatic heterocycles. The van der Waals surface area contributed by atoms with Gasteiger partial charge in [-0.2, -0.15) is 5.26 Å². The number of carbonyl (C=O) groups is 2. The number of likely N-dealkylation sites (N-methyl/N-ethyl adjacent to an activating group) is 1. The van der Waals surface area contributed by atoms with Crippen molar-refractivity contribution in [3.05, 3.63) is 36.0 Å². The van der Waals surface area contributed by atoms with E-state index in [0.717, 1.165) is 75.9 Å². The van der Waals surface area contributed by atoms with Crippen LogP contribution in [0.25, 0.3) is 10.9 Å². The number of nitrogens with one attached hydrogen (secondary N) is 2. The van der Waals surface area contributed by atoms with Crippen LogP contribution in [-0.2, 0) is 11.3 Å². The number of aromatic nitrogens is 1. The van der Waals surface area contributed by atoms with Crippen LogP contribution in [0.5, 0.6) is 0 Å². The highest BCUT2D eigenvalue weighted by molar-refractivity contribution is 5.99. The minimum atomic E-state index is -0.497. The van der Waals surface area contributed by atoms with Crippen LogP contribution in [0.4, 0.5) is 0 Å². The van der Waals surface area contributed by atoms with Crippen LogP contribution >= 0.6 is 0 Å². The fourth-order valence-electron chi connectivity index (χ4n) is 5.71. The Hall–Kier alpha value is -2.89. The molecule has 2 aliphatic rings. The molecule has 0 spiro atoms. The SMILES string of the molecule is CC(C)C[C@@H](C#N)NC(=O)[C@@H]1CCCC[C@@H]1NC(=O)c1cc2ccccc2n1CCN1CCN(C)CC1. The maximum atomic E-state index is 13.7. The molecule has 1 saturated heterocycles. The van der Waals surface area contributed by atoms with Crippen molar-refractivity contribution in [2.75, 3.05) is 39.8 Å². The monoisotopic (exact) mass is 506 g/mol. The summed E-state index contributed by atoms with van der Waals surface area (Å²) in [7, 11) is 2.16. The van der Waals surface area contributed by atoms with Crippen LogP contribution in [0.1, 0.15) is 56.4 Å². The molecule has 2 aromatic rings. The zero-order valence-corrected chi connectivity index (χ0v) is 22.6. The average Bonchev–Trinajstić information content (AvgIpc) is 3.26. The predicted molar refractivity (Wildman–Crippen MR) is 146 cm³/mol. The summed E-state index contributed by atoms with van der Waals surface area (Å²) in [5.41, 5.74) is 1.71. The molecule has 1 saturated carbocycles. The molecule has 1 aliphatic carbocycles. The predicted octanol–water partition coefficient (Wildman–Crippen LogP) is 3.23. The Morgan fingerprint density at radius 1 is 1.08 bits per heavy atom. The van der Waals surface area contributed by atoms with E-state index in [2.05, 4.69) is 44.2 Å². The van der Waals surface area contributed by atoms with Gasteiger partial charge >= 0.3 is 0 Å². The van der Waals surface area contributed by atoms with Gasteiger partial charge in [-0.3, -0.25) is 14.5 Å². The Morgan fingerprint density at radius 2 is 1.81 bits per heavy atom. The van der Waals surface area contributed by atoms with Crippen LogP contribution in [0, 0.1) is 23.2 Å². The fourth-order valence-corrected chi connectivity index (χ4v) is 5.71. The van der Waals surface area contributed by atoms with Gasteiger partial charge in [0.25, 0.3) is 5.91 Å². The molecular weight excluding hydrogens is 464 g/mol. The molecule has 1 aromatic carbocycles. The fraction of sp³-hybridized carbons (Fsp3) is 0.621. The maximum absolute atomic E-state index is 13.7. The van der Waals surface area contributed by atoms with E-state index in [1.54, 1.807) is 0 Å². The summed E-state index contributed by atoms with van der Waals surface area (Å²) in [5, 5.41) is 16.7. The number of para-hydroxylation sites is 1. The molecule has 0 bridgehead atoms. The van der Waals surface area contributed by atoms with Crippen LogP contribution in [0.2, 0.25) is 0 Å². The minimum absolute atomic E-state index is 0.118. The molecule has 2 amide bonds. The molecule has 37 heavy (non-hydrogen) atoms. The summed E-state index contributed by atoms with van der Waals surface area (Å²) in [6.07, 6.45) is 4.06. The smallest absolute Gasteiger partial charge is 0.268 e. The molecule has 2 fully saturated rings. The van der Waals surface area contributed by atoms with Crippen molar-refractivity contribution in [2.24, 2.45) is 11.8 Å². The van der Waals surface area contributed by atoms with Gasteiger partial charge in [-0.1, -0.05) is 44.9 Å². The Morgan fingerprint density at radius 3 is 2.54 bits per heavy atom. The molecule has 8 heteroatoms. The lowest BCUT2D eigenvalue weighted by molar-refractivity contribution is -0.127. The third-order valence-electron chi connectivity index (χ3n) is 7.88. The van der Waals surface area contributed by atoms with Crippen molar-refractivity contribution < 1.29 is 9.59 Å². The van der Waals surface area contributed by atoms with Gasteiger partial charge in [0.1, 0.15) is 11.7 Å². The van der Waals surface area contributed by atoms with Crippen molar-refractivity contribution >= 4 is 22.7 Å². The molecule has 8 nitrogen and oxygen atoms in total. The van der Waals surface area contributed by atoms with E-state index >= 15 is 0 Å². The van der Waals surface area contributed by atoms with E-state index in [-0.39, 0.29) is 23.8 Å². The number of piperazine rings is 1. The molecule has 4 rings (SSSR count). The van der Waals surface area contributed by atoms with Gasteiger partial charge in [-0.15, -0.1) is 0 Å². The highest BCUT2D eigenvalue weighted by Crippen LogP contribution is 2.26. The molecule has 0 unspecified atom stereocenters. The van der Waals surface area contributed by atoms with E-state index < -0.39 is 6.04 Å². The lowest BCUT2D eigenvalue weighted by atomic mass is 9.83. The van der Waals surface area contributed by atoms with Crippen molar-refractivity contribution in [1.82, 2.24) is 25.0 Å². The second-order valence-electron chi connectivity index (χ2n) is 11.2. The summed E-state index contributed by atoms with van der Waals surface area (Å²) < 4.78 is 2.13. The number of nitriles is 1. The van der Waals surface area contributed by atoms with Crippen LogP contribution in [-0.4, -0.2) is 78.0 Å². The van der Waals surface area contributed by atoms with E-state index in [1.807, 2.05) is 38.1 Å². The Labute approximate surface area is 221 Å².